The van der Waals surface area contributed by atoms with Crippen molar-refractivity contribution < 1.29 is 0 Å². The molecule has 0 unspecified atom stereocenters. The highest BCUT2D eigenvalue weighted by atomic mass is 15.4. The van der Waals surface area contributed by atoms with Gasteiger partial charge in [0.1, 0.15) is 0 Å². The number of hydrazine groups is 1. The molecule has 0 aromatic rings. The van der Waals surface area contributed by atoms with Crippen LogP contribution in [-0.2, 0) is 0 Å². The molecule has 0 bridgehead atoms. The molecule has 0 atom stereocenters. The lowest BCUT2D eigenvalue weighted by atomic mass is 9.92. The monoisotopic (exact) mass is 129 g/mol. The first-order chi connectivity index (χ1) is 4.10. The van der Waals surface area contributed by atoms with Crippen LogP contribution in [-0.4, -0.2) is 23.6 Å². The average molecular weight is 129 g/mol. The van der Waals surface area contributed by atoms with E-state index in [0.717, 1.165) is 25.9 Å². The van der Waals surface area contributed by atoms with E-state index in [1.807, 2.05) is 5.01 Å². The summed E-state index contributed by atoms with van der Waals surface area (Å²) < 4.78 is 0. The normalized spacial score (nSPS) is 28.3. The molecule has 3 heteroatoms. The number of piperidine rings is 1. The summed E-state index contributed by atoms with van der Waals surface area (Å²) in [6, 6.07) is 0. The van der Waals surface area contributed by atoms with Crippen molar-refractivity contribution in [2.45, 2.75) is 25.3 Å². The number of hydrogen-bond donors (Lipinski definition) is 2. The van der Waals surface area contributed by atoms with E-state index in [1.165, 1.54) is 0 Å². The highest BCUT2D eigenvalue weighted by Crippen LogP contribution is 2.15. The van der Waals surface area contributed by atoms with E-state index in [9.17, 15) is 0 Å². The van der Waals surface area contributed by atoms with Crippen molar-refractivity contribution in [1.29, 1.82) is 0 Å². The van der Waals surface area contributed by atoms with Gasteiger partial charge in [-0.1, -0.05) is 0 Å². The first-order valence-electron chi connectivity index (χ1n) is 3.39. The maximum atomic E-state index is 5.86. The van der Waals surface area contributed by atoms with Crippen LogP contribution in [0.15, 0.2) is 0 Å². The van der Waals surface area contributed by atoms with Gasteiger partial charge in [0.25, 0.3) is 0 Å². The molecule has 1 fully saturated rings. The molecule has 0 aliphatic carbocycles. The molecule has 1 heterocycles. The largest absolute Gasteiger partial charge is 0.325 e. The van der Waals surface area contributed by atoms with Gasteiger partial charge in [-0.15, -0.1) is 0 Å². The second kappa shape index (κ2) is 2.25. The fourth-order valence-electron chi connectivity index (χ4n) is 1.03. The van der Waals surface area contributed by atoms with Crippen molar-refractivity contribution in [1.82, 2.24) is 5.01 Å². The summed E-state index contributed by atoms with van der Waals surface area (Å²) >= 11 is 0. The minimum absolute atomic E-state index is 0.0376. The SMILES string of the molecule is CC1(N)CCN(N)CC1. The van der Waals surface area contributed by atoms with Crippen LogP contribution in [0.5, 0.6) is 0 Å². The van der Waals surface area contributed by atoms with E-state index in [0.29, 0.717) is 0 Å². The van der Waals surface area contributed by atoms with E-state index in [4.69, 9.17) is 11.6 Å². The lowest BCUT2D eigenvalue weighted by Crippen LogP contribution is -2.50. The number of hydrogen-bond acceptors (Lipinski definition) is 3. The maximum absolute atomic E-state index is 5.86. The summed E-state index contributed by atoms with van der Waals surface area (Å²) in [7, 11) is 0. The van der Waals surface area contributed by atoms with Gasteiger partial charge in [-0.2, -0.15) is 0 Å². The Morgan fingerprint density at radius 2 is 1.78 bits per heavy atom. The molecule has 0 saturated carbocycles. The molecular formula is C6H15N3. The quantitative estimate of drug-likeness (QED) is 0.440. The van der Waals surface area contributed by atoms with Crippen molar-refractivity contribution in [2.24, 2.45) is 11.6 Å². The highest BCUT2D eigenvalue weighted by Gasteiger charge is 2.23. The molecular weight excluding hydrogens is 114 g/mol. The Labute approximate surface area is 56.0 Å². The fraction of sp³-hybridized carbons (Fsp3) is 1.00. The third-order valence-electron chi connectivity index (χ3n) is 1.94. The summed E-state index contributed by atoms with van der Waals surface area (Å²) in [4.78, 5) is 0. The van der Waals surface area contributed by atoms with Gasteiger partial charge in [-0.05, 0) is 19.8 Å². The number of rotatable bonds is 0. The summed E-state index contributed by atoms with van der Waals surface area (Å²) in [5.74, 6) is 5.53. The van der Waals surface area contributed by atoms with Crippen LogP contribution in [0.3, 0.4) is 0 Å². The zero-order chi connectivity index (χ0) is 6.91. The topological polar surface area (TPSA) is 55.3 Å². The molecule has 0 aromatic carbocycles. The molecule has 0 radical (unpaired) electrons. The van der Waals surface area contributed by atoms with Gasteiger partial charge in [0, 0.05) is 18.6 Å². The lowest BCUT2D eigenvalue weighted by molar-refractivity contribution is 0.174. The third kappa shape index (κ3) is 1.93. The van der Waals surface area contributed by atoms with Gasteiger partial charge < -0.3 is 5.73 Å². The van der Waals surface area contributed by atoms with Crippen LogP contribution in [0.4, 0.5) is 0 Å². The molecule has 0 amide bonds. The van der Waals surface area contributed by atoms with Gasteiger partial charge in [0.15, 0.2) is 0 Å². The van der Waals surface area contributed by atoms with Crippen LogP contribution in [0, 0.1) is 0 Å². The second-order valence-corrected chi connectivity index (χ2v) is 3.19. The van der Waals surface area contributed by atoms with Crippen molar-refractivity contribution in [3.05, 3.63) is 0 Å². The van der Waals surface area contributed by atoms with E-state index in [1.54, 1.807) is 0 Å². The summed E-state index contributed by atoms with van der Waals surface area (Å²) in [6.07, 6.45) is 2.03. The summed E-state index contributed by atoms with van der Waals surface area (Å²) in [6.45, 7) is 3.96. The van der Waals surface area contributed by atoms with Crippen molar-refractivity contribution in [3.63, 3.8) is 0 Å². The predicted octanol–water partition coefficient (Wildman–Crippen LogP) is -0.327. The van der Waals surface area contributed by atoms with Crippen LogP contribution in [0.25, 0.3) is 0 Å². The highest BCUT2D eigenvalue weighted by molar-refractivity contribution is 4.83. The molecule has 9 heavy (non-hydrogen) atoms. The van der Waals surface area contributed by atoms with Crippen LogP contribution < -0.4 is 11.6 Å². The van der Waals surface area contributed by atoms with E-state index in [2.05, 4.69) is 6.92 Å². The zero-order valence-corrected chi connectivity index (χ0v) is 5.93. The number of nitrogens with two attached hydrogens (primary N) is 2. The molecule has 1 rings (SSSR count). The Balaban J connectivity index is 2.35. The molecule has 3 nitrogen and oxygen atoms in total. The Morgan fingerprint density at radius 3 is 2.11 bits per heavy atom. The molecule has 0 spiro atoms. The molecule has 1 aliphatic rings. The first kappa shape index (κ1) is 6.99. The Hall–Kier alpha value is -0.120. The summed E-state index contributed by atoms with van der Waals surface area (Å²) in [5, 5.41) is 1.83. The zero-order valence-electron chi connectivity index (χ0n) is 5.93. The Bertz CT molecular complexity index is 90.5. The molecule has 54 valence electrons. The fourth-order valence-corrected chi connectivity index (χ4v) is 1.03. The molecule has 0 aromatic heterocycles. The van der Waals surface area contributed by atoms with Crippen molar-refractivity contribution in [3.8, 4) is 0 Å². The Morgan fingerprint density at radius 1 is 1.33 bits per heavy atom. The molecule has 1 aliphatic heterocycles. The minimum Gasteiger partial charge on any atom is -0.325 e. The Kier molecular flexibility index (Phi) is 1.75. The van der Waals surface area contributed by atoms with E-state index >= 15 is 0 Å². The van der Waals surface area contributed by atoms with Crippen LogP contribution in [0.2, 0.25) is 0 Å². The summed E-state index contributed by atoms with van der Waals surface area (Å²) in [5.41, 5.74) is 5.90. The second-order valence-electron chi connectivity index (χ2n) is 3.19. The smallest absolute Gasteiger partial charge is 0.0151 e. The van der Waals surface area contributed by atoms with E-state index in [-0.39, 0.29) is 5.54 Å². The van der Waals surface area contributed by atoms with Crippen LogP contribution >= 0.6 is 0 Å². The minimum atomic E-state index is 0.0376. The number of nitrogens with zero attached hydrogens (tertiary/aromatic N) is 1. The average Bonchev–Trinajstić information content (AvgIpc) is 1.78. The van der Waals surface area contributed by atoms with E-state index < -0.39 is 0 Å². The van der Waals surface area contributed by atoms with Crippen molar-refractivity contribution in [2.75, 3.05) is 13.1 Å². The predicted molar refractivity (Wildman–Crippen MR) is 37.6 cm³/mol. The van der Waals surface area contributed by atoms with Gasteiger partial charge >= 0.3 is 0 Å². The molecule has 1 saturated heterocycles. The molecule has 4 N–H and O–H groups in total. The van der Waals surface area contributed by atoms with Crippen molar-refractivity contribution >= 4 is 0 Å². The van der Waals surface area contributed by atoms with Gasteiger partial charge in [-0.3, -0.25) is 5.84 Å². The van der Waals surface area contributed by atoms with Crippen LogP contribution in [0.1, 0.15) is 19.8 Å². The van der Waals surface area contributed by atoms with Gasteiger partial charge in [-0.25, -0.2) is 5.01 Å². The standard InChI is InChI=1S/C6H15N3/c1-6(7)2-4-9(8)5-3-6/h2-5,7-8H2,1H3. The van der Waals surface area contributed by atoms with Gasteiger partial charge in [0.2, 0.25) is 0 Å². The lowest BCUT2D eigenvalue weighted by Gasteiger charge is -2.34. The maximum Gasteiger partial charge on any atom is 0.0151 e. The first-order valence-corrected chi connectivity index (χ1v) is 3.39. The third-order valence-corrected chi connectivity index (χ3v) is 1.94. The van der Waals surface area contributed by atoms with Gasteiger partial charge in [0.05, 0.1) is 0 Å².